The molecule has 1 aliphatic rings. The summed E-state index contributed by atoms with van der Waals surface area (Å²) in [5, 5.41) is 0. The summed E-state index contributed by atoms with van der Waals surface area (Å²) in [6, 6.07) is 2.90. The van der Waals surface area contributed by atoms with Gasteiger partial charge in [-0.15, -0.1) is 0 Å². The first-order valence-electron chi connectivity index (χ1n) is 5.64. The van der Waals surface area contributed by atoms with Gasteiger partial charge in [-0.3, -0.25) is 0 Å². The van der Waals surface area contributed by atoms with Gasteiger partial charge >= 0.3 is 0 Å². The third-order valence-corrected chi connectivity index (χ3v) is 5.30. The quantitative estimate of drug-likeness (QED) is 0.553. The Hall–Kier alpha value is -0.830. The van der Waals surface area contributed by atoms with Crippen molar-refractivity contribution < 1.29 is 8.42 Å². The van der Waals surface area contributed by atoms with Crippen molar-refractivity contribution in [2.24, 2.45) is 5.84 Å². The topological polar surface area (TPSA) is 97.1 Å². The van der Waals surface area contributed by atoms with Crippen molar-refractivity contribution in [2.75, 3.05) is 16.9 Å². The van der Waals surface area contributed by atoms with Gasteiger partial charge in [-0.2, -0.15) is 11.8 Å². The molecule has 1 fully saturated rings. The summed E-state index contributed by atoms with van der Waals surface area (Å²) < 4.78 is 27.0. The lowest BCUT2D eigenvalue weighted by Gasteiger charge is -2.22. The Bertz CT molecular complexity index is 500. The van der Waals surface area contributed by atoms with Gasteiger partial charge in [0.1, 0.15) is 5.82 Å². The fourth-order valence-corrected chi connectivity index (χ4v) is 4.18. The maximum atomic E-state index is 12.2. The summed E-state index contributed by atoms with van der Waals surface area (Å²) in [5.41, 5.74) is 2.34. The maximum Gasteiger partial charge on any atom is 0.241 e. The van der Waals surface area contributed by atoms with Crippen molar-refractivity contribution in [2.45, 2.75) is 23.8 Å². The zero-order valence-electron chi connectivity index (χ0n) is 9.80. The third kappa shape index (κ3) is 3.35. The van der Waals surface area contributed by atoms with Crippen LogP contribution in [0.15, 0.2) is 23.2 Å². The molecule has 0 bridgehead atoms. The average Bonchev–Trinajstić information content (AvgIpc) is 2.39. The SMILES string of the molecule is NNc1cc(S(=O)(=O)NC2CCSCC2)ccn1. The first-order chi connectivity index (χ1) is 8.62. The Morgan fingerprint density at radius 3 is 2.78 bits per heavy atom. The minimum atomic E-state index is -3.49. The molecule has 0 aromatic carbocycles. The molecule has 0 amide bonds. The summed E-state index contributed by atoms with van der Waals surface area (Å²) in [6.07, 6.45) is 3.16. The second-order valence-electron chi connectivity index (χ2n) is 4.03. The molecular weight excluding hydrogens is 272 g/mol. The molecule has 1 aromatic heterocycles. The van der Waals surface area contributed by atoms with E-state index in [2.05, 4.69) is 15.1 Å². The molecule has 1 aliphatic heterocycles. The molecule has 0 saturated carbocycles. The highest BCUT2D eigenvalue weighted by molar-refractivity contribution is 7.99. The number of nitrogen functional groups attached to an aromatic ring is 1. The molecule has 6 nitrogen and oxygen atoms in total. The summed E-state index contributed by atoms with van der Waals surface area (Å²) in [5.74, 6) is 7.54. The Morgan fingerprint density at radius 2 is 2.11 bits per heavy atom. The molecule has 0 radical (unpaired) electrons. The van der Waals surface area contributed by atoms with Crippen molar-refractivity contribution in [3.05, 3.63) is 18.3 Å². The van der Waals surface area contributed by atoms with Crippen LogP contribution in [0, 0.1) is 0 Å². The number of hydrogen-bond donors (Lipinski definition) is 3. The van der Waals surface area contributed by atoms with E-state index in [9.17, 15) is 8.42 Å². The average molecular weight is 288 g/mol. The minimum absolute atomic E-state index is 0.0266. The van der Waals surface area contributed by atoms with E-state index in [0.29, 0.717) is 5.82 Å². The van der Waals surface area contributed by atoms with Crippen LogP contribution in [0.2, 0.25) is 0 Å². The van der Waals surface area contributed by atoms with E-state index >= 15 is 0 Å². The normalized spacial score (nSPS) is 17.6. The molecule has 0 atom stereocenters. The van der Waals surface area contributed by atoms with Crippen LogP contribution in [0.1, 0.15) is 12.8 Å². The number of rotatable bonds is 4. The highest BCUT2D eigenvalue weighted by Crippen LogP contribution is 2.19. The van der Waals surface area contributed by atoms with Gasteiger partial charge in [0.25, 0.3) is 0 Å². The predicted molar refractivity (Wildman–Crippen MR) is 72.7 cm³/mol. The zero-order valence-corrected chi connectivity index (χ0v) is 11.4. The van der Waals surface area contributed by atoms with Crippen LogP contribution in [-0.2, 0) is 10.0 Å². The van der Waals surface area contributed by atoms with E-state index in [1.807, 2.05) is 11.8 Å². The van der Waals surface area contributed by atoms with E-state index < -0.39 is 10.0 Å². The number of nitrogens with zero attached hydrogens (tertiary/aromatic N) is 1. The summed E-state index contributed by atoms with van der Waals surface area (Å²) in [4.78, 5) is 4.07. The molecule has 0 aliphatic carbocycles. The number of pyridine rings is 1. The number of hydrazine groups is 1. The molecular formula is C10H16N4O2S2. The van der Waals surface area contributed by atoms with Crippen LogP contribution < -0.4 is 16.0 Å². The van der Waals surface area contributed by atoms with Gasteiger partial charge in [0, 0.05) is 18.3 Å². The van der Waals surface area contributed by atoms with Crippen molar-refractivity contribution in [3.8, 4) is 0 Å². The van der Waals surface area contributed by atoms with Crippen LogP contribution in [0.3, 0.4) is 0 Å². The fraction of sp³-hybridized carbons (Fsp3) is 0.500. The second kappa shape index (κ2) is 5.87. The van der Waals surface area contributed by atoms with Crippen molar-refractivity contribution >= 4 is 27.6 Å². The van der Waals surface area contributed by atoms with E-state index in [1.165, 1.54) is 18.3 Å². The Balaban J connectivity index is 2.13. The van der Waals surface area contributed by atoms with Gasteiger partial charge in [0.2, 0.25) is 10.0 Å². The standard InChI is InChI=1S/C10H16N4O2S2/c11-13-10-7-9(1-4-12-10)18(15,16)14-8-2-5-17-6-3-8/h1,4,7-8,14H,2-3,5-6,11H2,(H,12,13). The molecule has 2 rings (SSSR count). The summed E-state index contributed by atoms with van der Waals surface area (Å²) in [7, 11) is -3.49. The minimum Gasteiger partial charge on any atom is -0.308 e. The Labute approximate surface area is 111 Å². The Morgan fingerprint density at radius 1 is 1.39 bits per heavy atom. The molecule has 0 spiro atoms. The highest BCUT2D eigenvalue weighted by atomic mass is 32.2. The van der Waals surface area contributed by atoms with Gasteiger partial charge in [0.05, 0.1) is 4.90 Å². The summed E-state index contributed by atoms with van der Waals surface area (Å²) >= 11 is 1.86. The number of thioether (sulfide) groups is 1. The van der Waals surface area contributed by atoms with Gasteiger partial charge in [-0.25, -0.2) is 24.0 Å². The Kier molecular flexibility index (Phi) is 4.44. The number of anilines is 1. The highest BCUT2D eigenvalue weighted by Gasteiger charge is 2.22. The van der Waals surface area contributed by atoms with Gasteiger partial charge in [-0.1, -0.05) is 0 Å². The van der Waals surface area contributed by atoms with Crippen LogP contribution >= 0.6 is 11.8 Å². The molecule has 0 unspecified atom stereocenters. The zero-order chi connectivity index (χ0) is 13.0. The van der Waals surface area contributed by atoms with Crippen molar-refractivity contribution in [1.82, 2.24) is 9.71 Å². The first kappa shape index (κ1) is 13.6. The number of aromatic nitrogens is 1. The first-order valence-corrected chi connectivity index (χ1v) is 8.28. The second-order valence-corrected chi connectivity index (χ2v) is 6.97. The fourth-order valence-electron chi connectivity index (χ4n) is 1.76. The largest absolute Gasteiger partial charge is 0.308 e. The molecule has 100 valence electrons. The van der Waals surface area contributed by atoms with Gasteiger partial charge in [0.15, 0.2) is 0 Å². The molecule has 1 aromatic rings. The van der Waals surface area contributed by atoms with Crippen molar-refractivity contribution in [3.63, 3.8) is 0 Å². The van der Waals surface area contributed by atoms with Gasteiger partial charge < -0.3 is 5.43 Å². The van der Waals surface area contributed by atoms with Crippen LogP contribution in [0.5, 0.6) is 0 Å². The summed E-state index contributed by atoms with van der Waals surface area (Å²) in [6.45, 7) is 0. The lowest BCUT2D eigenvalue weighted by atomic mass is 10.2. The number of nitrogens with one attached hydrogen (secondary N) is 2. The van der Waals surface area contributed by atoms with Crippen molar-refractivity contribution in [1.29, 1.82) is 0 Å². The third-order valence-electron chi connectivity index (χ3n) is 2.73. The molecule has 2 heterocycles. The molecule has 18 heavy (non-hydrogen) atoms. The smallest absolute Gasteiger partial charge is 0.241 e. The lowest BCUT2D eigenvalue weighted by molar-refractivity contribution is 0.529. The lowest BCUT2D eigenvalue weighted by Crippen LogP contribution is -2.37. The molecule has 8 heteroatoms. The van der Waals surface area contributed by atoms with E-state index in [0.717, 1.165) is 24.3 Å². The van der Waals surface area contributed by atoms with E-state index in [4.69, 9.17) is 5.84 Å². The van der Waals surface area contributed by atoms with E-state index in [-0.39, 0.29) is 10.9 Å². The number of hydrogen-bond acceptors (Lipinski definition) is 6. The van der Waals surface area contributed by atoms with Gasteiger partial charge in [-0.05, 0) is 30.4 Å². The number of sulfonamides is 1. The maximum absolute atomic E-state index is 12.2. The molecule has 4 N–H and O–H groups in total. The number of nitrogens with two attached hydrogens (primary N) is 1. The predicted octanol–water partition coefficient (Wildman–Crippen LogP) is 0.541. The van der Waals surface area contributed by atoms with Crippen LogP contribution in [0.4, 0.5) is 5.82 Å². The van der Waals surface area contributed by atoms with Crippen LogP contribution in [-0.4, -0.2) is 30.9 Å². The monoisotopic (exact) mass is 288 g/mol. The van der Waals surface area contributed by atoms with E-state index in [1.54, 1.807) is 0 Å². The van der Waals surface area contributed by atoms with Crippen LogP contribution in [0.25, 0.3) is 0 Å². The molecule has 1 saturated heterocycles.